The first-order valence-electron chi connectivity index (χ1n) is 5.51. The van der Waals surface area contributed by atoms with Gasteiger partial charge >= 0.3 is 0 Å². The topological polar surface area (TPSA) is 38.9 Å². The van der Waals surface area contributed by atoms with Crippen molar-refractivity contribution in [3.05, 3.63) is 53.7 Å². The van der Waals surface area contributed by atoms with Gasteiger partial charge in [-0.2, -0.15) is 0 Å². The van der Waals surface area contributed by atoms with Gasteiger partial charge < -0.3 is 5.73 Å². The second-order valence-corrected chi connectivity index (χ2v) is 3.96. The summed E-state index contributed by atoms with van der Waals surface area (Å²) in [4.78, 5) is 4.38. The summed E-state index contributed by atoms with van der Waals surface area (Å²) < 4.78 is 0. The predicted molar refractivity (Wildman–Crippen MR) is 67.2 cm³/mol. The van der Waals surface area contributed by atoms with Gasteiger partial charge in [-0.25, -0.2) is 0 Å². The van der Waals surface area contributed by atoms with Crippen LogP contribution in [0.5, 0.6) is 0 Å². The fourth-order valence-electron chi connectivity index (χ4n) is 1.75. The first-order chi connectivity index (χ1) is 7.79. The van der Waals surface area contributed by atoms with E-state index in [0.29, 0.717) is 6.54 Å². The summed E-state index contributed by atoms with van der Waals surface area (Å²) in [5, 5.41) is 0. The molecule has 2 N–H and O–H groups in total. The van der Waals surface area contributed by atoms with Crippen molar-refractivity contribution in [2.45, 2.75) is 13.3 Å². The number of pyridine rings is 1. The fourth-order valence-corrected chi connectivity index (χ4v) is 1.75. The van der Waals surface area contributed by atoms with E-state index in [2.05, 4.69) is 42.2 Å². The molecule has 0 saturated carbocycles. The minimum atomic E-state index is 0.685. The quantitative estimate of drug-likeness (QED) is 0.849. The molecule has 0 bridgehead atoms. The van der Waals surface area contributed by atoms with Gasteiger partial charge in [-0.05, 0) is 49.2 Å². The first-order valence-corrected chi connectivity index (χ1v) is 5.51. The van der Waals surface area contributed by atoms with E-state index in [-0.39, 0.29) is 0 Å². The Labute approximate surface area is 96.1 Å². The highest BCUT2D eigenvalue weighted by Crippen LogP contribution is 2.19. The van der Waals surface area contributed by atoms with E-state index in [4.69, 9.17) is 5.73 Å². The fraction of sp³-hybridized carbons (Fsp3) is 0.214. The van der Waals surface area contributed by atoms with Crippen LogP contribution in [-0.2, 0) is 6.42 Å². The van der Waals surface area contributed by atoms with Crippen molar-refractivity contribution in [2.24, 2.45) is 5.73 Å². The van der Waals surface area contributed by atoms with Crippen molar-refractivity contribution in [2.75, 3.05) is 6.54 Å². The van der Waals surface area contributed by atoms with Crippen molar-refractivity contribution in [3.8, 4) is 11.3 Å². The smallest absolute Gasteiger partial charge is 0.0704 e. The maximum absolute atomic E-state index is 5.56. The number of rotatable bonds is 3. The number of aryl methyl sites for hydroxylation is 1. The molecule has 0 spiro atoms. The lowest BCUT2D eigenvalue weighted by molar-refractivity contribution is 0.969. The van der Waals surface area contributed by atoms with Crippen LogP contribution >= 0.6 is 0 Å². The van der Waals surface area contributed by atoms with Gasteiger partial charge in [-0.3, -0.25) is 4.98 Å². The summed E-state index contributed by atoms with van der Waals surface area (Å²) in [5.41, 5.74) is 10.2. The molecule has 0 saturated heterocycles. The van der Waals surface area contributed by atoms with Gasteiger partial charge in [0.25, 0.3) is 0 Å². The monoisotopic (exact) mass is 212 g/mol. The molecule has 0 radical (unpaired) electrons. The Hall–Kier alpha value is -1.67. The minimum Gasteiger partial charge on any atom is -0.330 e. The van der Waals surface area contributed by atoms with Crippen molar-refractivity contribution < 1.29 is 0 Å². The highest BCUT2D eigenvalue weighted by atomic mass is 14.7. The van der Waals surface area contributed by atoms with E-state index < -0.39 is 0 Å². The molecule has 0 aliphatic carbocycles. The Morgan fingerprint density at radius 1 is 1.19 bits per heavy atom. The average Bonchev–Trinajstić information content (AvgIpc) is 2.30. The Balaban J connectivity index is 2.36. The van der Waals surface area contributed by atoms with E-state index in [1.165, 1.54) is 11.1 Å². The van der Waals surface area contributed by atoms with Crippen LogP contribution in [0.25, 0.3) is 11.3 Å². The third kappa shape index (κ3) is 2.47. The van der Waals surface area contributed by atoms with Crippen LogP contribution in [0.2, 0.25) is 0 Å². The molecule has 2 nitrogen and oxygen atoms in total. The lowest BCUT2D eigenvalue weighted by atomic mass is 10.0. The Kier molecular flexibility index (Phi) is 3.32. The number of benzene rings is 1. The molecule has 0 aliphatic rings. The second-order valence-electron chi connectivity index (χ2n) is 3.96. The number of nitrogens with two attached hydrogens (primary N) is 1. The first kappa shape index (κ1) is 10.8. The maximum Gasteiger partial charge on any atom is 0.0704 e. The van der Waals surface area contributed by atoms with Gasteiger partial charge in [0.2, 0.25) is 0 Å². The summed E-state index contributed by atoms with van der Waals surface area (Å²) >= 11 is 0. The summed E-state index contributed by atoms with van der Waals surface area (Å²) in [7, 11) is 0. The van der Waals surface area contributed by atoms with Crippen LogP contribution in [0.15, 0.2) is 42.6 Å². The van der Waals surface area contributed by atoms with E-state index in [9.17, 15) is 0 Å². The molecular weight excluding hydrogens is 196 g/mol. The van der Waals surface area contributed by atoms with Gasteiger partial charge in [-0.15, -0.1) is 0 Å². The van der Waals surface area contributed by atoms with E-state index in [1.807, 2.05) is 12.3 Å². The average molecular weight is 212 g/mol. The van der Waals surface area contributed by atoms with E-state index in [0.717, 1.165) is 17.7 Å². The van der Waals surface area contributed by atoms with Crippen LogP contribution in [0.3, 0.4) is 0 Å². The molecule has 2 aromatic rings. The second kappa shape index (κ2) is 4.90. The summed E-state index contributed by atoms with van der Waals surface area (Å²) in [6.07, 6.45) is 2.76. The molecule has 1 aromatic carbocycles. The minimum absolute atomic E-state index is 0.685. The van der Waals surface area contributed by atoms with E-state index >= 15 is 0 Å². The van der Waals surface area contributed by atoms with Crippen molar-refractivity contribution in [3.63, 3.8) is 0 Å². The summed E-state index contributed by atoms with van der Waals surface area (Å²) in [6.45, 7) is 2.76. The summed E-state index contributed by atoms with van der Waals surface area (Å²) in [6, 6.07) is 12.5. The largest absolute Gasteiger partial charge is 0.330 e. The van der Waals surface area contributed by atoms with Crippen molar-refractivity contribution in [1.29, 1.82) is 0 Å². The summed E-state index contributed by atoms with van der Waals surface area (Å²) in [5.74, 6) is 0. The third-order valence-corrected chi connectivity index (χ3v) is 2.57. The van der Waals surface area contributed by atoms with Crippen molar-refractivity contribution in [1.82, 2.24) is 4.98 Å². The molecule has 0 aliphatic heterocycles. The Morgan fingerprint density at radius 3 is 2.81 bits per heavy atom. The maximum atomic E-state index is 5.56. The molecule has 1 heterocycles. The molecule has 2 rings (SSSR count). The predicted octanol–water partition coefficient (Wildman–Crippen LogP) is 2.56. The standard InChI is InChI=1S/C14H16N2/c1-11-6-8-16-14(9-11)13-4-2-3-12(10-13)5-7-15/h2-4,6,8-10H,5,7,15H2,1H3. The number of hydrogen-bond donors (Lipinski definition) is 1. The number of hydrogen-bond acceptors (Lipinski definition) is 2. The van der Waals surface area contributed by atoms with Gasteiger partial charge in [0.05, 0.1) is 5.69 Å². The lowest BCUT2D eigenvalue weighted by Gasteiger charge is -2.04. The molecule has 16 heavy (non-hydrogen) atoms. The lowest BCUT2D eigenvalue weighted by Crippen LogP contribution is -2.02. The molecule has 2 heteroatoms. The molecule has 82 valence electrons. The van der Waals surface area contributed by atoms with Crippen LogP contribution in [0, 0.1) is 6.92 Å². The van der Waals surface area contributed by atoms with E-state index in [1.54, 1.807) is 0 Å². The van der Waals surface area contributed by atoms with Gasteiger partial charge in [0.15, 0.2) is 0 Å². The van der Waals surface area contributed by atoms with Gasteiger partial charge in [0, 0.05) is 11.8 Å². The molecule has 0 unspecified atom stereocenters. The number of nitrogens with zero attached hydrogens (tertiary/aromatic N) is 1. The highest BCUT2D eigenvalue weighted by molar-refractivity contribution is 5.60. The molecule has 0 amide bonds. The molecule has 0 fully saturated rings. The third-order valence-electron chi connectivity index (χ3n) is 2.57. The number of aromatic nitrogens is 1. The van der Waals surface area contributed by atoms with Crippen molar-refractivity contribution >= 4 is 0 Å². The van der Waals surface area contributed by atoms with Gasteiger partial charge in [-0.1, -0.05) is 18.2 Å². The zero-order chi connectivity index (χ0) is 11.4. The molecule has 1 aromatic heterocycles. The molecule has 0 atom stereocenters. The molecular formula is C14H16N2. The van der Waals surface area contributed by atoms with Crippen LogP contribution < -0.4 is 5.73 Å². The zero-order valence-electron chi connectivity index (χ0n) is 9.48. The zero-order valence-corrected chi connectivity index (χ0v) is 9.48. The van der Waals surface area contributed by atoms with Crippen LogP contribution in [-0.4, -0.2) is 11.5 Å². The highest BCUT2D eigenvalue weighted by Gasteiger charge is 2.00. The van der Waals surface area contributed by atoms with Crippen LogP contribution in [0.1, 0.15) is 11.1 Å². The SMILES string of the molecule is Cc1ccnc(-c2cccc(CCN)c2)c1. The van der Waals surface area contributed by atoms with Crippen LogP contribution in [0.4, 0.5) is 0 Å². The van der Waals surface area contributed by atoms with Gasteiger partial charge in [0.1, 0.15) is 0 Å². The normalized spacial score (nSPS) is 10.4. The Morgan fingerprint density at radius 2 is 2.06 bits per heavy atom. The Bertz CT molecular complexity index is 478.